The van der Waals surface area contributed by atoms with Crippen LogP contribution in [0.2, 0.25) is 0 Å². The first-order chi connectivity index (χ1) is 8.07. The monoisotopic (exact) mass is 302 g/mol. The van der Waals surface area contributed by atoms with E-state index in [-0.39, 0.29) is 12.8 Å². The summed E-state index contributed by atoms with van der Waals surface area (Å²) < 4.78 is 26.1. The van der Waals surface area contributed by atoms with E-state index in [1.807, 2.05) is 18.2 Å². The standard InChI is InChI=1S/C14H17BrF2/c15-13(10-11-4-2-1-3-5-11)12-6-8-14(16,17)9-7-12/h1-5,12-13H,6-10H2. The lowest BCUT2D eigenvalue weighted by Crippen LogP contribution is -2.29. The van der Waals surface area contributed by atoms with Gasteiger partial charge in [-0.2, -0.15) is 0 Å². The smallest absolute Gasteiger partial charge is 0.207 e. The molecule has 1 aliphatic rings. The van der Waals surface area contributed by atoms with Gasteiger partial charge < -0.3 is 0 Å². The van der Waals surface area contributed by atoms with Gasteiger partial charge in [-0.1, -0.05) is 46.3 Å². The van der Waals surface area contributed by atoms with E-state index in [9.17, 15) is 8.78 Å². The molecule has 0 saturated heterocycles. The van der Waals surface area contributed by atoms with Crippen molar-refractivity contribution in [1.82, 2.24) is 0 Å². The van der Waals surface area contributed by atoms with Gasteiger partial charge in [0, 0.05) is 17.7 Å². The highest BCUT2D eigenvalue weighted by Gasteiger charge is 2.36. The van der Waals surface area contributed by atoms with Crippen LogP contribution in [0.5, 0.6) is 0 Å². The lowest BCUT2D eigenvalue weighted by Gasteiger charge is -2.31. The minimum Gasteiger partial charge on any atom is -0.207 e. The molecule has 0 spiro atoms. The molecular formula is C14H17BrF2. The van der Waals surface area contributed by atoms with Crippen molar-refractivity contribution in [2.45, 2.75) is 42.9 Å². The van der Waals surface area contributed by atoms with Crippen LogP contribution in [0.4, 0.5) is 8.78 Å². The fourth-order valence-electron chi connectivity index (χ4n) is 2.43. The normalized spacial score (nSPS) is 22.3. The predicted molar refractivity (Wildman–Crippen MR) is 69.8 cm³/mol. The van der Waals surface area contributed by atoms with Crippen molar-refractivity contribution in [1.29, 1.82) is 0 Å². The van der Waals surface area contributed by atoms with Crippen LogP contribution in [-0.4, -0.2) is 10.7 Å². The van der Waals surface area contributed by atoms with Crippen LogP contribution in [0, 0.1) is 5.92 Å². The molecule has 1 unspecified atom stereocenters. The molecule has 1 aliphatic carbocycles. The highest BCUT2D eigenvalue weighted by atomic mass is 79.9. The molecule has 17 heavy (non-hydrogen) atoms. The van der Waals surface area contributed by atoms with E-state index in [0.717, 1.165) is 6.42 Å². The molecule has 1 aromatic carbocycles. The molecule has 1 saturated carbocycles. The first-order valence-electron chi connectivity index (χ1n) is 6.13. The lowest BCUT2D eigenvalue weighted by atomic mass is 9.83. The third kappa shape index (κ3) is 3.77. The predicted octanol–water partition coefficient (Wildman–Crippen LogP) is 4.82. The number of alkyl halides is 3. The summed E-state index contributed by atoms with van der Waals surface area (Å²) in [6, 6.07) is 10.2. The number of hydrogen-bond acceptors (Lipinski definition) is 0. The first kappa shape index (κ1) is 13.0. The summed E-state index contributed by atoms with van der Waals surface area (Å²) in [6.45, 7) is 0. The van der Waals surface area contributed by atoms with E-state index in [4.69, 9.17) is 0 Å². The van der Waals surface area contributed by atoms with Crippen molar-refractivity contribution >= 4 is 15.9 Å². The van der Waals surface area contributed by atoms with Gasteiger partial charge in [-0.3, -0.25) is 0 Å². The number of hydrogen-bond donors (Lipinski definition) is 0. The van der Waals surface area contributed by atoms with E-state index in [1.54, 1.807) is 0 Å². The summed E-state index contributed by atoms with van der Waals surface area (Å²) in [5, 5.41) is 0. The lowest BCUT2D eigenvalue weighted by molar-refractivity contribution is -0.0456. The second-order valence-electron chi connectivity index (χ2n) is 4.90. The Hall–Kier alpha value is -0.440. The molecule has 0 heterocycles. The molecule has 0 bridgehead atoms. The van der Waals surface area contributed by atoms with Gasteiger partial charge in [0.15, 0.2) is 0 Å². The topological polar surface area (TPSA) is 0 Å². The number of benzene rings is 1. The molecule has 0 aliphatic heterocycles. The zero-order chi connectivity index (χ0) is 12.3. The minimum atomic E-state index is -2.42. The van der Waals surface area contributed by atoms with Gasteiger partial charge in [0.2, 0.25) is 5.92 Å². The summed E-state index contributed by atoms with van der Waals surface area (Å²) in [5.74, 6) is -2.04. The molecule has 0 radical (unpaired) electrons. The maximum atomic E-state index is 13.1. The maximum absolute atomic E-state index is 13.1. The largest absolute Gasteiger partial charge is 0.248 e. The Morgan fingerprint density at radius 3 is 2.35 bits per heavy atom. The van der Waals surface area contributed by atoms with E-state index in [1.165, 1.54) is 5.56 Å². The molecule has 0 nitrogen and oxygen atoms in total. The van der Waals surface area contributed by atoms with Crippen molar-refractivity contribution in [3.63, 3.8) is 0 Å². The van der Waals surface area contributed by atoms with Crippen LogP contribution in [0.15, 0.2) is 30.3 Å². The van der Waals surface area contributed by atoms with Crippen LogP contribution in [0.3, 0.4) is 0 Å². The van der Waals surface area contributed by atoms with E-state index < -0.39 is 5.92 Å². The van der Waals surface area contributed by atoms with Crippen molar-refractivity contribution in [3.8, 4) is 0 Å². The van der Waals surface area contributed by atoms with Crippen molar-refractivity contribution in [2.24, 2.45) is 5.92 Å². The molecular weight excluding hydrogens is 286 g/mol. The molecule has 1 atom stereocenters. The van der Waals surface area contributed by atoms with Gasteiger partial charge in [0.25, 0.3) is 0 Å². The summed E-state index contributed by atoms with van der Waals surface area (Å²) in [4.78, 5) is 0.320. The Balaban J connectivity index is 1.87. The quantitative estimate of drug-likeness (QED) is 0.702. The van der Waals surface area contributed by atoms with Gasteiger partial charge in [-0.25, -0.2) is 8.78 Å². The number of rotatable bonds is 3. The Bertz CT molecular complexity index is 340. The van der Waals surface area contributed by atoms with Crippen molar-refractivity contribution in [2.75, 3.05) is 0 Å². The summed E-state index contributed by atoms with van der Waals surface area (Å²) in [7, 11) is 0. The Morgan fingerprint density at radius 2 is 1.76 bits per heavy atom. The second-order valence-corrected chi connectivity index (χ2v) is 6.08. The van der Waals surface area contributed by atoms with E-state index in [2.05, 4.69) is 28.1 Å². The van der Waals surface area contributed by atoms with Gasteiger partial charge >= 0.3 is 0 Å². The molecule has 0 amide bonds. The van der Waals surface area contributed by atoms with Crippen LogP contribution in [-0.2, 0) is 6.42 Å². The maximum Gasteiger partial charge on any atom is 0.248 e. The summed E-state index contributed by atoms with van der Waals surface area (Å²) in [6.07, 6.45) is 2.30. The molecule has 1 fully saturated rings. The molecule has 0 N–H and O–H groups in total. The van der Waals surface area contributed by atoms with E-state index in [0.29, 0.717) is 23.6 Å². The Kier molecular flexibility index (Phi) is 4.18. The molecule has 1 aromatic rings. The minimum absolute atomic E-state index is 0.0502. The van der Waals surface area contributed by atoms with Crippen molar-refractivity contribution < 1.29 is 8.78 Å². The third-order valence-electron chi connectivity index (χ3n) is 3.55. The molecule has 2 rings (SSSR count). The molecule has 3 heteroatoms. The average molecular weight is 303 g/mol. The van der Waals surface area contributed by atoms with Gasteiger partial charge in [-0.15, -0.1) is 0 Å². The van der Waals surface area contributed by atoms with Crippen molar-refractivity contribution in [3.05, 3.63) is 35.9 Å². The summed E-state index contributed by atoms with van der Waals surface area (Å²) in [5.41, 5.74) is 1.27. The van der Waals surface area contributed by atoms with Gasteiger partial charge in [0.1, 0.15) is 0 Å². The third-order valence-corrected chi connectivity index (χ3v) is 4.62. The van der Waals surface area contributed by atoms with Crippen LogP contribution < -0.4 is 0 Å². The van der Waals surface area contributed by atoms with Gasteiger partial charge in [0.05, 0.1) is 0 Å². The van der Waals surface area contributed by atoms with Crippen LogP contribution in [0.1, 0.15) is 31.2 Å². The highest BCUT2D eigenvalue weighted by molar-refractivity contribution is 9.09. The zero-order valence-electron chi connectivity index (χ0n) is 9.71. The molecule has 0 aromatic heterocycles. The first-order valence-corrected chi connectivity index (χ1v) is 7.04. The Labute approximate surface area is 110 Å². The fraction of sp³-hybridized carbons (Fsp3) is 0.571. The Morgan fingerprint density at radius 1 is 1.18 bits per heavy atom. The molecule has 94 valence electrons. The van der Waals surface area contributed by atoms with E-state index >= 15 is 0 Å². The van der Waals surface area contributed by atoms with Crippen LogP contribution >= 0.6 is 15.9 Å². The second kappa shape index (κ2) is 5.47. The van der Waals surface area contributed by atoms with Crippen LogP contribution in [0.25, 0.3) is 0 Å². The fourth-order valence-corrected chi connectivity index (χ4v) is 3.33. The SMILES string of the molecule is FC1(F)CCC(C(Br)Cc2ccccc2)CC1. The number of halogens is 3. The zero-order valence-corrected chi connectivity index (χ0v) is 11.3. The van der Waals surface area contributed by atoms with Gasteiger partial charge in [-0.05, 0) is 30.7 Å². The highest BCUT2D eigenvalue weighted by Crippen LogP contribution is 2.39. The summed E-state index contributed by atoms with van der Waals surface area (Å²) >= 11 is 3.67. The average Bonchev–Trinajstić information content (AvgIpc) is 2.30.